The highest BCUT2D eigenvalue weighted by Crippen LogP contribution is 2.31. The fourth-order valence-corrected chi connectivity index (χ4v) is 2.06. The number of halogens is 1. The molecule has 6 nitrogen and oxygen atoms in total. The van der Waals surface area contributed by atoms with Crippen molar-refractivity contribution < 1.29 is 15.0 Å². The zero-order valence-electron chi connectivity index (χ0n) is 12.1. The van der Waals surface area contributed by atoms with Crippen LogP contribution in [-0.2, 0) is 4.79 Å². The lowest BCUT2D eigenvalue weighted by Gasteiger charge is -2.18. The SMILES string of the molecule is CCN(CC)C(=O)/C(C#N)=C(\O)c1cc(Cl)c(O)c(C#N)c1. The predicted octanol–water partition coefficient (Wildman–Crippen LogP) is 2.58. The van der Waals surface area contributed by atoms with Gasteiger partial charge in [-0.3, -0.25) is 4.79 Å². The molecule has 1 aromatic rings. The summed E-state index contributed by atoms with van der Waals surface area (Å²) in [5, 5.41) is 37.7. The average molecular weight is 320 g/mol. The molecule has 0 spiro atoms. The Morgan fingerprint density at radius 1 is 1.32 bits per heavy atom. The van der Waals surface area contributed by atoms with Gasteiger partial charge in [-0.25, -0.2) is 0 Å². The Balaban J connectivity index is 3.47. The predicted molar refractivity (Wildman–Crippen MR) is 80.9 cm³/mol. The number of aromatic hydroxyl groups is 1. The highest BCUT2D eigenvalue weighted by molar-refractivity contribution is 6.32. The van der Waals surface area contributed by atoms with E-state index in [4.69, 9.17) is 22.1 Å². The lowest BCUT2D eigenvalue weighted by Crippen LogP contribution is -2.31. The van der Waals surface area contributed by atoms with Gasteiger partial charge >= 0.3 is 0 Å². The molecule has 7 heteroatoms. The molecule has 0 fully saturated rings. The van der Waals surface area contributed by atoms with E-state index in [9.17, 15) is 15.0 Å². The molecule has 22 heavy (non-hydrogen) atoms. The third-order valence-electron chi connectivity index (χ3n) is 3.07. The summed E-state index contributed by atoms with van der Waals surface area (Å²) in [6.45, 7) is 4.26. The van der Waals surface area contributed by atoms with Crippen LogP contribution in [0.1, 0.15) is 25.0 Å². The fraction of sp³-hybridized carbons (Fsp3) is 0.267. The van der Waals surface area contributed by atoms with E-state index in [1.165, 1.54) is 11.0 Å². The number of carbonyl (C=O) groups excluding carboxylic acids is 1. The van der Waals surface area contributed by atoms with Gasteiger partial charge in [-0.05, 0) is 26.0 Å². The first kappa shape index (κ1) is 17.4. The van der Waals surface area contributed by atoms with Gasteiger partial charge in [0.15, 0.2) is 11.3 Å². The molecule has 1 aromatic carbocycles. The second-order valence-electron chi connectivity index (χ2n) is 4.28. The van der Waals surface area contributed by atoms with E-state index in [-0.39, 0.29) is 16.1 Å². The summed E-state index contributed by atoms with van der Waals surface area (Å²) >= 11 is 5.77. The first-order valence-corrected chi connectivity index (χ1v) is 6.84. The molecule has 0 saturated heterocycles. The van der Waals surface area contributed by atoms with Crippen LogP contribution in [0.2, 0.25) is 5.02 Å². The van der Waals surface area contributed by atoms with Crippen molar-refractivity contribution >= 4 is 23.3 Å². The van der Waals surface area contributed by atoms with Crippen LogP contribution in [0, 0.1) is 22.7 Å². The van der Waals surface area contributed by atoms with Crippen LogP contribution in [0.3, 0.4) is 0 Å². The smallest absolute Gasteiger partial charge is 0.268 e. The molecule has 0 saturated carbocycles. The second-order valence-corrected chi connectivity index (χ2v) is 4.69. The van der Waals surface area contributed by atoms with E-state index in [0.29, 0.717) is 13.1 Å². The fourth-order valence-electron chi connectivity index (χ4n) is 1.84. The zero-order valence-corrected chi connectivity index (χ0v) is 12.8. The van der Waals surface area contributed by atoms with Crippen molar-refractivity contribution in [3.8, 4) is 17.9 Å². The van der Waals surface area contributed by atoms with Gasteiger partial charge in [0.2, 0.25) is 0 Å². The van der Waals surface area contributed by atoms with Crippen molar-refractivity contribution in [1.29, 1.82) is 10.5 Å². The minimum Gasteiger partial charge on any atom is -0.506 e. The molecule has 0 heterocycles. The molecule has 0 bridgehead atoms. The molecule has 0 aromatic heterocycles. The number of benzene rings is 1. The summed E-state index contributed by atoms with van der Waals surface area (Å²) in [5.74, 6) is -1.63. The number of likely N-dealkylation sites (N-methyl/N-ethyl adjacent to an activating group) is 1. The van der Waals surface area contributed by atoms with E-state index in [1.807, 2.05) is 0 Å². The molecule has 0 atom stereocenters. The van der Waals surface area contributed by atoms with Crippen LogP contribution in [0.4, 0.5) is 0 Å². The highest BCUT2D eigenvalue weighted by Gasteiger charge is 2.22. The Kier molecular flexibility index (Phi) is 5.80. The number of nitrogens with zero attached hydrogens (tertiary/aromatic N) is 3. The van der Waals surface area contributed by atoms with Gasteiger partial charge in [0, 0.05) is 18.7 Å². The Morgan fingerprint density at radius 3 is 2.36 bits per heavy atom. The van der Waals surface area contributed by atoms with E-state index < -0.39 is 23.0 Å². The van der Waals surface area contributed by atoms with Crippen LogP contribution >= 0.6 is 11.6 Å². The zero-order chi connectivity index (χ0) is 16.9. The summed E-state index contributed by atoms with van der Waals surface area (Å²) in [7, 11) is 0. The molecule has 0 aliphatic rings. The van der Waals surface area contributed by atoms with Crippen molar-refractivity contribution in [2.75, 3.05) is 13.1 Å². The Hall–Kier alpha value is -2.70. The lowest BCUT2D eigenvalue weighted by atomic mass is 10.0. The number of phenols is 1. The number of phenolic OH excluding ortho intramolecular Hbond substituents is 1. The minimum absolute atomic E-state index is 0.0106. The van der Waals surface area contributed by atoms with E-state index in [0.717, 1.165) is 6.07 Å². The number of carbonyl (C=O) groups is 1. The van der Waals surface area contributed by atoms with Crippen LogP contribution in [0.5, 0.6) is 5.75 Å². The summed E-state index contributed by atoms with van der Waals surface area (Å²) in [6.07, 6.45) is 0. The van der Waals surface area contributed by atoms with Gasteiger partial charge in [0.1, 0.15) is 17.9 Å². The standard InChI is InChI=1S/C15H14ClN3O3/c1-3-19(4-2)15(22)11(8-18)13(20)9-5-10(7-17)14(21)12(16)6-9/h5-6,20-21H,3-4H2,1-2H3/b13-11-. The van der Waals surface area contributed by atoms with E-state index in [2.05, 4.69) is 0 Å². The van der Waals surface area contributed by atoms with Crippen molar-refractivity contribution in [3.63, 3.8) is 0 Å². The first-order chi connectivity index (χ1) is 10.4. The van der Waals surface area contributed by atoms with Crippen LogP contribution in [-0.4, -0.2) is 34.1 Å². The van der Waals surface area contributed by atoms with Gasteiger partial charge in [-0.1, -0.05) is 11.6 Å². The third-order valence-corrected chi connectivity index (χ3v) is 3.36. The van der Waals surface area contributed by atoms with Crippen molar-refractivity contribution in [2.45, 2.75) is 13.8 Å². The molecule has 0 aliphatic carbocycles. The van der Waals surface area contributed by atoms with Crippen molar-refractivity contribution in [3.05, 3.63) is 33.9 Å². The van der Waals surface area contributed by atoms with Crippen molar-refractivity contribution in [1.82, 2.24) is 4.90 Å². The van der Waals surface area contributed by atoms with Crippen LogP contribution in [0.25, 0.3) is 5.76 Å². The maximum Gasteiger partial charge on any atom is 0.268 e. The average Bonchev–Trinajstić information content (AvgIpc) is 2.51. The van der Waals surface area contributed by atoms with Gasteiger partial charge < -0.3 is 15.1 Å². The topological polar surface area (TPSA) is 108 Å². The van der Waals surface area contributed by atoms with E-state index in [1.54, 1.807) is 26.0 Å². The monoisotopic (exact) mass is 319 g/mol. The van der Waals surface area contributed by atoms with Crippen LogP contribution < -0.4 is 0 Å². The maximum absolute atomic E-state index is 12.2. The van der Waals surface area contributed by atoms with Crippen molar-refractivity contribution in [2.24, 2.45) is 0 Å². The highest BCUT2D eigenvalue weighted by atomic mass is 35.5. The molecular weight excluding hydrogens is 306 g/mol. The summed E-state index contributed by atoms with van der Waals surface area (Å²) in [6, 6.07) is 5.72. The van der Waals surface area contributed by atoms with Gasteiger partial charge in [0.05, 0.1) is 10.6 Å². The third kappa shape index (κ3) is 3.30. The van der Waals surface area contributed by atoms with Gasteiger partial charge in [-0.15, -0.1) is 0 Å². The molecule has 2 N–H and O–H groups in total. The van der Waals surface area contributed by atoms with Gasteiger partial charge in [-0.2, -0.15) is 10.5 Å². The number of aliphatic hydroxyl groups excluding tert-OH is 1. The number of nitriles is 2. The molecule has 1 rings (SSSR count). The molecular formula is C15H14ClN3O3. The quantitative estimate of drug-likeness (QED) is 0.503. The number of hydrogen-bond donors (Lipinski definition) is 2. The van der Waals surface area contributed by atoms with Gasteiger partial charge in [0.25, 0.3) is 5.91 Å². The number of aliphatic hydroxyl groups is 1. The Bertz CT molecular complexity index is 710. The Morgan fingerprint density at radius 2 is 1.91 bits per heavy atom. The Labute approximate surface area is 133 Å². The molecule has 0 aliphatic heterocycles. The normalized spacial score (nSPS) is 11.1. The number of hydrogen-bond acceptors (Lipinski definition) is 5. The number of rotatable bonds is 4. The second kappa shape index (κ2) is 7.35. The molecule has 0 unspecified atom stereocenters. The largest absolute Gasteiger partial charge is 0.506 e. The summed E-state index contributed by atoms with van der Waals surface area (Å²) < 4.78 is 0. The molecule has 114 valence electrons. The maximum atomic E-state index is 12.2. The summed E-state index contributed by atoms with van der Waals surface area (Å²) in [5.41, 5.74) is -0.604. The molecule has 0 radical (unpaired) electrons. The van der Waals surface area contributed by atoms with Crippen LogP contribution in [0.15, 0.2) is 17.7 Å². The first-order valence-electron chi connectivity index (χ1n) is 6.46. The lowest BCUT2D eigenvalue weighted by molar-refractivity contribution is -0.126. The number of amides is 1. The summed E-state index contributed by atoms with van der Waals surface area (Å²) in [4.78, 5) is 13.6. The minimum atomic E-state index is -0.618. The molecule has 1 amide bonds. The van der Waals surface area contributed by atoms with E-state index >= 15 is 0 Å².